The van der Waals surface area contributed by atoms with E-state index in [1.807, 2.05) is 9.80 Å². The van der Waals surface area contributed by atoms with Crippen LogP contribution in [0.2, 0.25) is 5.02 Å². The molecule has 0 aromatic heterocycles. The predicted molar refractivity (Wildman–Crippen MR) is 108 cm³/mol. The molecule has 1 aliphatic rings. The molecule has 0 saturated carbocycles. The molecular weight excluding hydrogens is 423 g/mol. The van der Waals surface area contributed by atoms with Gasteiger partial charge in [-0.1, -0.05) is 17.7 Å². The van der Waals surface area contributed by atoms with Crippen LogP contribution < -0.4 is 9.62 Å². The van der Waals surface area contributed by atoms with Gasteiger partial charge in [-0.25, -0.2) is 17.5 Å². The molecule has 1 fully saturated rings. The fraction of sp³-hybridized carbons (Fsp3) is 0.333. The number of halogens is 2. The Bertz CT molecular complexity index is 1010. The Morgan fingerprint density at radius 1 is 1.21 bits per heavy atom. The van der Waals surface area contributed by atoms with Crippen molar-refractivity contribution < 1.29 is 17.7 Å². The van der Waals surface area contributed by atoms with Gasteiger partial charge in [-0.05, 0) is 31.3 Å². The second-order valence-corrected chi connectivity index (χ2v) is 8.87. The molecular formula is C18H20ClFN4O4S. The molecule has 2 aromatic rings. The van der Waals surface area contributed by atoms with E-state index in [1.165, 1.54) is 25.2 Å². The van der Waals surface area contributed by atoms with E-state index >= 15 is 0 Å². The van der Waals surface area contributed by atoms with Crippen molar-refractivity contribution in [1.82, 2.24) is 9.62 Å². The summed E-state index contributed by atoms with van der Waals surface area (Å²) in [5.41, 5.74) is 0.510. The zero-order chi connectivity index (χ0) is 21.2. The summed E-state index contributed by atoms with van der Waals surface area (Å²) in [5, 5.41) is 11.9. The van der Waals surface area contributed by atoms with E-state index < -0.39 is 14.9 Å². The van der Waals surface area contributed by atoms with E-state index in [0.29, 0.717) is 49.0 Å². The first-order chi connectivity index (χ1) is 13.7. The number of hydrogen-bond donors (Lipinski definition) is 1. The molecule has 1 saturated heterocycles. The van der Waals surface area contributed by atoms with Crippen LogP contribution in [0.4, 0.5) is 15.8 Å². The Morgan fingerprint density at radius 2 is 1.90 bits per heavy atom. The van der Waals surface area contributed by atoms with Gasteiger partial charge in [0.05, 0.1) is 9.82 Å². The Balaban J connectivity index is 1.76. The molecule has 1 heterocycles. The predicted octanol–water partition coefficient (Wildman–Crippen LogP) is 2.62. The van der Waals surface area contributed by atoms with Crippen LogP contribution in [0.5, 0.6) is 0 Å². The largest absolute Gasteiger partial charge is 0.363 e. The van der Waals surface area contributed by atoms with E-state index in [4.69, 9.17) is 11.6 Å². The number of rotatable bonds is 6. The molecule has 0 spiro atoms. The van der Waals surface area contributed by atoms with Crippen LogP contribution in [0, 0.1) is 15.9 Å². The lowest BCUT2D eigenvalue weighted by Crippen LogP contribution is -2.46. The van der Waals surface area contributed by atoms with Crippen molar-refractivity contribution in [3.8, 4) is 0 Å². The van der Waals surface area contributed by atoms with Gasteiger partial charge in [0.1, 0.15) is 11.5 Å². The third-order valence-electron chi connectivity index (χ3n) is 4.88. The fourth-order valence-electron chi connectivity index (χ4n) is 3.26. The average Bonchev–Trinajstić information content (AvgIpc) is 2.71. The number of nitro groups is 1. The molecule has 1 aliphatic heterocycles. The minimum Gasteiger partial charge on any atom is -0.363 e. The first-order valence-electron chi connectivity index (χ1n) is 8.85. The summed E-state index contributed by atoms with van der Waals surface area (Å²) in [5.74, 6) is -0.364. The molecule has 156 valence electrons. The third kappa shape index (κ3) is 4.67. The zero-order valence-electron chi connectivity index (χ0n) is 15.6. The molecule has 0 aliphatic carbocycles. The molecule has 0 radical (unpaired) electrons. The Morgan fingerprint density at radius 3 is 2.48 bits per heavy atom. The van der Waals surface area contributed by atoms with Gasteiger partial charge in [-0.15, -0.1) is 0 Å². The second-order valence-electron chi connectivity index (χ2n) is 6.58. The molecule has 1 N–H and O–H groups in total. The van der Waals surface area contributed by atoms with Crippen molar-refractivity contribution in [2.24, 2.45) is 0 Å². The molecule has 3 rings (SSSR count). The SMILES string of the molecule is CNS(=O)(=O)c1ccc(N2CCN(Cc3c(F)cccc3Cl)CC2)c([N+](=O)[O-])c1. The van der Waals surface area contributed by atoms with Crippen LogP contribution in [-0.2, 0) is 16.6 Å². The lowest BCUT2D eigenvalue weighted by molar-refractivity contribution is -0.384. The highest BCUT2D eigenvalue weighted by molar-refractivity contribution is 7.89. The van der Waals surface area contributed by atoms with E-state index in [0.717, 1.165) is 6.07 Å². The van der Waals surface area contributed by atoms with Crippen LogP contribution in [-0.4, -0.2) is 51.5 Å². The van der Waals surface area contributed by atoms with Crippen molar-refractivity contribution in [3.63, 3.8) is 0 Å². The quantitative estimate of drug-likeness (QED) is 0.545. The maximum Gasteiger partial charge on any atom is 0.293 e. The van der Waals surface area contributed by atoms with Gasteiger partial charge in [0.15, 0.2) is 0 Å². The van der Waals surface area contributed by atoms with Crippen LogP contribution in [0.25, 0.3) is 0 Å². The summed E-state index contributed by atoms with van der Waals surface area (Å²) in [6.07, 6.45) is 0. The van der Waals surface area contributed by atoms with E-state index in [2.05, 4.69) is 4.72 Å². The molecule has 0 atom stereocenters. The molecule has 29 heavy (non-hydrogen) atoms. The Kier molecular flexibility index (Phi) is 6.37. The number of anilines is 1. The number of nitrogens with zero attached hydrogens (tertiary/aromatic N) is 3. The first-order valence-corrected chi connectivity index (χ1v) is 10.7. The molecule has 11 heteroatoms. The van der Waals surface area contributed by atoms with Crippen molar-refractivity contribution >= 4 is 33.0 Å². The van der Waals surface area contributed by atoms with Gasteiger partial charge in [0.2, 0.25) is 10.0 Å². The monoisotopic (exact) mass is 442 g/mol. The summed E-state index contributed by atoms with van der Waals surface area (Å²) in [7, 11) is -2.54. The van der Waals surface area contributed by atoms with Crippen LogP contribution in [0.15, 0.2) is 41.3 Å². The first kappa shape index (κ1) is 21.4. The van der Waals surface area contributed by atoms with Gasteiger partial charge < -0.3 is 4.90 Å². The molecule has 0 bridgehead atoms. The van der Waals surface area contributed by atoms with Gasteiger partial charge in [-0.3, -0.25) is 15.0 Å². The summed E-state index contributed by atoms with van der Waals surface area (Å²) < 4.78 is 40.0. The number of hydrogen-bond acceptors (Lipinski definition) is 6. The molecule has 0 amide bonds. The smallest absolute Gasteiger partial charge is 0.293 e. The summed E-state index contributed by atoms with van der Waals surface area (Å²) in [6, 6.07) is 8.41. The summed E-state index contributed by atoms with van der Waals surface area (Å²) in [6.45, 7) is 2.41. The third-order valence-corrected chi connectivity index (χ3v) is 6.65. The van der Waals surface area contributed by atoms with Gasteiger partial charge >= 0.3 is 0 Å². The second kappa shape index (κ2) is 8.62. The van der Waals surface area contributed by atoms with E-state index in [9.17, 15) is 22.9 Å². The standard InChI is InChI=1S/C18H20ClFN4O4S/c1-21-29(27,28)13-5-6-17(18(11-13)24(25)26)23-9-7-22(8-10-23)12-14-15(19)3-2-4-16(14)20/h2-6,11,21H,7-10,12H2,1H3. The normalized spacial score (nSPS) is 15.5. The number of benzene rings is 2. The highest BCUT2D eigenvalue weighted by atomic mass is 35.5. The fourth-order valence-corrected chi connectivity index (χ4v) is 4.23. The Labute approximate surface area is 173 Å². The average molecular weight is 443 g/mol. The van der Waals surface area contributed by atoms with Gasteiger partial charge in [0, 0.05) is 49.4 Å². The summed E-state index contributed by atoms with van der Waals surface area (Å²) in [4.78, 5) is 14.6. The van der Waals surface area contributed by atoms with Crippen LogP contribution in [0.1, 0.15) is 5.56 Å². The Hall–Kier alpha value is -2.27. The minimum atomic E-state index is -3.78. The molecule has 8 nitrogen and oxygen atoms in total. The van der Waals surface area contributed by atoms with Crippen LogP contribution >= 0.6 is 11.6 Å². The lowest BCUT2D eigenvalue weighted by atomic mass is 10.1. The number of nitro benzene ring substituents is 1. The van der Waals surface area contributed by atoms with E-state index in [-0.39, 0.29) is 16.4 Å². The van der Waals surface area contributed by atoms with Gasteiger partial charge in [-0.2, -0.15) is 0 Å². The number of sulfonamides is 1. The summed E-state index contributed by atoms with van der Waals surface area (Å²) >= 11 is 6.09. The zero-order valence-corrected chi connectivity index (χ0v) is 17.2. The van der Waals surface area contributed by atoms with Crippen LogP contribution in [0.3, 0.4) is 0 Å². The number of nitrogens with one attached hydrogen (secondary N) is 1. The van der Waals surface area contributed by atoms with E-state index in [1.54, 1.807) is 12.1 Å². The topological polar surface area (TPSA) is 95.8 Å². The molecule has 2 aromatic carbocycles. The lowest BCUT2D eigenvalue weighted by Gasteiger charge is -2.36. The number of piperazine rings is 1. The highest BCUT2D eigenvalue weighted by Crippen LogP contribution is 2.32. The minimum absolute atomic E-state index is 0.164. The van der Waals surface area contributed by atoms with Crippen molar-refractivity contribution in [2.45, 2.75) is 11.4 Å². The highest BCUT2D eigenvalue weighted by Gasteiger charge is 2.26. The maximum atomic E-state index is 14.0. The maximum absolute atomic E-state index is 14.0. The van der Waals surface area contributed by atoms with Crippen molar-refractivity contribution in [3.05, 3.63) is 62.9 Å². The van der Waals surface area contributed by atoms with Crippen molar-refractivity contribution in [2.75, 3.05) is 38.1 Å². The van der Waals surface area contributed by atoms with Crippen molar-refractivity contribution in [1.29, 1.82) is 0 Å². The van der Waals surface area contributed by atoms with Gasteiger partial charge in [0.25, 0.3) is 5.69 Å². The molecule has 0 unspecified atom stereocenters.